The fraction of sp³-hybridized carbons (Fsp3) is 0.176. The first-order valence-electron chi connectivity index (χ1n) is 6.95. The standard InChI is InChI=1S/C17H17NO5/c1-22-15-8-7-13(9-14(15)16(19)20)10-18-17(21)23-11-12-5-3-2-4-6-12/h2-9H,10-11H2,1H3,(H,18,21)(H,19,20). The molecular weight excluding hydrogens is 298 g/mol. The highest BCUT2D eigenvalue weighted by atomic mass is 16.5. The van der Waals surface area contributed by atoms with Crippen LogP contribution in [0.3, 0.4) is 0 Å². The monoisotopic (exact) mass is 315 g/mol. The van der Waals surface area contributed by atoms with Crippen LogP contribution < -0.4 is 10.1 Å². The van der Waals surface area contributed by atoms with E-state index in [0.717, 1.165) is 5.56 Å². The lowest BCUT2D eigenvalue weighted by Gasteiger charge is -2.09. The molecule has 0 saturated heterocycles. The minimum atomic E-state index is -1.09. The minimum absolute atomic E-state index is 0.0458. The van der Waals surface area contributed by atoms with Gasteiger partial charge in [-0.1, -0.05) is 36.4 Å². The number of carboxylic acid groups (broad SMARTS) is 1. The van der Waals surface area contributed by atoms with Gasteiger partial charge in [-0.05, 0) is 23.3 Å². The number of aromatic carboxylic acids is 1. The summed E-state index contributed by atoms with van der Waals surface area (Å²) in [5, 5.41) is 11.7. The van der Waals surface area contributed by atoms with Gasteiger partial charge in [-0.2, -0.15) is 0 Å². The zero-order valence-electron chi connectivity index (χ0n) is 12.6. The fourth-order valence-electron chi connectivity index (χ4n) is 1.98. The summed E-state index contributed by atoms with van der Waals surface area (Å²) in [6.45, 7) is 0.341. The van der Waals surface area contributed by atoms with Crippen molar-refractivity contribution in [3.63, 3.8) is 0 Å². The van der Waals surface area contributed by atoms with Crippen molar-refractivity contribution < 1.29 is 24.2 Å². The van der Waals surface area contributed by atoms with Crippen molar-refractivity contribution in [2.45, 2.75) is 13.2 Å². The number of carboxylic acids is 1. The first-order chi connectivity index (χ1) is 11.1. The van der Waals surface area contributed by atoms with Crippen LogP contribution in [0.4, 0.5) is 4.79 Å². The van der Waals surface area contributed by atoms with Crippen LogP contribution in [0.5, 0.6) is 5.75 Å². The first-order valence-corrected chi connectivity index (χ1v) is 6.95. The third-order valence-electron chi connectivity index (χ3n) is 3.14. The lowest BCUT2D eigenvalue weighted by molar-refractivity contribution is 0.0693. The zero-order chi connectivity index (χ0) is 16.7. The van der Waals surface area contributed by atoms with Crippen LogP contribution in [0.25, 0.3) is 0 Å². The van der Waals surface area contributed by atoms with Crippen LogP contribution in [0.2, 0.25) is 0 Å². The third kappa shape index (κ3) is 4.74. The second-order valence-electron chi connectivity index (χ2n) is 4.76. The normalized spacial score (nSPS) is 9.96. The van der Waals surface area contributed by atoms with Gasteiger partial charge in [0.05, 0.1) is 7.11 Å². The molecule has 0 radical (unpaired) electrons. The van der Waals surface area contributed by atoms with Gasteiger partial charge >= 0.3 is 12.1 Å². The quantitative estimate of drug-likeness (QED) is 0.856. The van der Waals surface area contributed by atoms with E-state index in [-0.39, 0.29) is 24.5 Å². The molecule has 120 valence electrons. The molecule has 0 unspecified atom stereocenters. The average molecular weight is 315 g/mol. The maximum atomic E-state index is 11.7. The summed E-state index contributed by atoms with van der Waals surface area (Å²) in [6.07, 6.45) is -0.568. The summed E-state index contributed by atoms with van der Waals surface area (Å²) in [5.41, 5.74) is 1.57. The van der Waals surface area contributed by atoms with Crippen LogP contribution in [-0.4, -0.2) is 24.3 Å². The number of alkyl carbamates (subject to hydrolysis) is 1. The van der Waals surface area contributed by atoms with Crippen molar-refractivity contribution in [2.75, 3.05) is 7.11 Å². The smallest absolute Gasteiger partial charge is 0.407 e. The van der Waals surface area contributed by atoms with Crippen molar-refractivity contribution in [1.29, 1.82) is 0 Å². The van der Waals surface area contributed by atoms with E-state index in [0.29, 0.717) is 5.56 Å². The van der Waals surface area contributed by atoms with E-state index >= 15 is 0 Å². The van der Waals surface area contributed by atoms with Gasteiger partial charge in [0, 0.05) is 6.54 Å². The summed E-state index contributed by atoms with van der Waals surface area (Å²) >= 11 is 0. The molecule has 0 saturated carbocycles. The molecule has 2 aromatic rings. The number of amides is 1. The number of hydrogen-bond acceptors (Lipinski definition) is 4. The highest BCUT2D eigenvalue weighted by molar-refractivity contribution is 5.91. The lowest BCUT2D eigenvalue weighted by atomic mass is 10.1. The largest absolute Gasteiger partial charge is 0.496 e. The number of hydrogen-bond donors (Lipinski definition) is 2. The molecule has 0 spiro atoms. The number of rotatable bonds is 6. The predicted molar refractivity (Wildman–Crippen MR) is 83.4 cm³/mol. The number of benzene rings is 2. The van der Waals surface area contributed by atoms with Crippen LogP contribution in [0.15, 0.2) is 48.5 Å². The van der Waals surface area contributed by atoms with E-state index in [1.807, 2.05) is 30.3 Å². The minimum Gasteiger partial charge on any atom is -0.496 e. The predicted octanol–water partition coefficient (Wildman–Crippen LogP) is 2.82. The van der Waals surface area contributed by atoms with Gasteiger partial charge in [-0.25, -0.2) is 9.59 Å². The lowest BCUT2D eigenvalue weighted by Crippen LogP contribution is -2.23. The second kappa shape index (κ2) is 7.84. The second-order valence-corrected chi connectivity index (χ2v) is 4.76. The number of ether oxygens (including phenoxy) is 2. The molecule has 6 nitrogen and oxygen atoms in total. The van der Waals surface area contributed by atoms with Gasteiger partial charge in [0.2, 0.25) is 0 Å². The maximum Gasteiger partial charge on any atom is 0.407 e. The number of carbonyl (C=O) groups excluding carboxylic acids is 1. The Kier molecular flexibility index (Phi) is 5.57. The van der Waals surface area contributed by atoms with E-state index in [1.165, 1.54) is 13.2 Å². The summed E-state index contributed by atoms with van der Waals surface area (Å²) < 4.78 is 10.1. The highest BCUT2D eigenvalue weighted by Gasteiger charge is 2.12. The van der Waals surface area contributed by atoms with Crippen molar-refractivity contribution in [3.05, 3.63) is 65.2 Å². The summed E-state index contributed by atoms with van der Waals surface area (Å²) in [7, 11) is 1.40. The van der Waals surface area contributed by atoms with Crippen LogP contribution in [-0.2, 0) is 17.9 Å². The van der Waals surface area contributed by atoms with E-state index < -0.39 is 12.1 Å². The van der Waals surface area contributed by atoms with Crippen LogP contribution >= 0.6 is 0 Å². The zero-order valence-corrected chi connectivity index (χ0v) is 12.6. The molecule has 2 aromatic carbocycles. The van der Waals surface area contributed by atoms with Gasteiger partial charge < -0.3 is 19.9 Å². The Morgan fingerprint density at radius 2 is 1.83 bits per heavy atom. The van der Waals surface area contributed by atoms with Crippen LogP contribution in [0, 0.1) is 0 Å². The molecule has 0 bridgehead atoms. The molecule has 0 aliphatic carbocycles. The summed E-state index contributed by atoms with van der Waals surface area (Å²) in [5.74, 6) is -0.816. The van der Waals surface area contributed by atoms with Gasteiger partial charge in [0.25, 0.3) is 0 Å². The molecule has 0 aliphatic heterocycles. The summed E-state index contributed by atoms with van der Waals surface area (Å²) in [6, 6.07) is 14.0. The van der Waals surface area contributed by atoms with E-state index in [2.05, 4.69) is 5.32 Å². The Morgan fingerprint density at radius 1 is 1.09 bits per heavy atom. The Balaban J connectivity index is 1.89. The first kappa shape index (κ1) is 16.4. The van der Waals surface area contributed by atoms with E-state index in [4.69, 9.17) is 14.6 Å². The molecule has 0 aliphatic rings. The van der Waals surface area contributed by atoms with Crippen molar-refractivity contribution >= 4 is 12.1 Å². The highest BCUT2D eigenvalue weighted by Crippen LogP contribution is 2.19. The van der Waals surface area contributed by atoms with Crippen molar-refractivity contribution in [3.8, 4) is 5.75 Å². The van der Waals surface area contributed by atoms with E-state index in [1.54, 1.807) is 12.1 Å². The SMILES string of the molecule is COc1ccc(CNC(=O)OCc2ccccc2)cc1C(=O)O. The molecule has 2 rings (SSSR count). The molecular formula is C17H17NO5. The fourth-order valence-corrected chi connectivity index (χ4v) is 1.98. The molecule has 2 N–H and O–H groups in total. The molecule has 0 atom stereocenters. The molecule has 0 fully saturated rings. The Hall–Kier alpha value is -3.02. The molecule has 23 heavy (non-hydrogen) atoms. The van der Waals surface area contributed by atoms with Crippen LogP contribution in [0.1, 0.15) is 21.5 Å². The molecule has 1 amide bonds. The van der Waals surface area contributed by atoms with E-state index in [9.17, 15) is 9.59 Å². The Labute approximate surface area is 133 Å². The maximum absolute atomic E-state index is 11.7. The van der Waals surface area contributed by atoms with Gasteiger partial charge in [-0.3, -0.25) is 0 Å². The topological polar surface area (TPSA) is 84.9 Å². The average Bonchev–Trinajstić information content (AvgIpc) is 2.58. The van der Waals surface area contributed by atoms with Gasteiger partial charge in [0.15, 0.2) is 0 Å². The molecule has 0 heterocycles. The molecule has 6 heteroatoms. The number of nitrogens with one attached hydrogen (secondary N) is 1. The number of methoxy groups -OCH3 is 1. The Morgan fingerprint density at radius 3 is 2.48 bits per heavy atom. The third-order valence-corrected chi connectivity index (χ3v) is 3.14. The van der Waals surface area contributed by atoms with Gasteiger partial charge in [-0.15, -0.1) is 0 Å². The Bertz CT molecular complexity index is 685. The van der Waals surface area contributed by atoms with Crippen molar-refractivity contribution in [1.82, 2.24) is 5.32 Å². The van der Waals surface area contributed by atoms with Gasteiger partial charge in [0.1, 0.15) is 17.9 Å². The molecule has 0 aromatic heterocycles. The van der Waals surface area contributed by atoms with Crippen molar-refractivity contribution in [2.24, 2.45) is 0 Å². The number of carbonyl (C=O) groups is 2. The summed E-state index contributed by atoms with van der Waals surface area (Å²) in [4.78, 5) is 22.8.